The van der Waals surface area contributed by atoms with E-state index < -0.39 is 0 Å². The molecule has 1 aliphatic heterocycles. The highest BCUT2D eigenvalue weighted by atomic mass is 16.5. The summed E-state index contributed by atoms with van der Waals surface area (Å²) in [6, 6.07) is 6.06. The standard InChI is InChI=1S/C15H23NO2/c1-12-4-5-14(17-3)15(10-12)18-11-13-6-8-16(2)9-7-13/h4-5,10,13H,6-9,11H2,1-3H3. The molecule has 0 bridgehead atoms. The third-order valence-corrected chi connectivity index (χ3v) is 3.63. The van der Waals surface area contributed by atoms with Gasteiger partial charge in [-0.1, -0.05) is 6.07 Å². The lowest BCUT2D eigenvalue weighted by molar-refractivity contribution is 0.157. The fraction of sp³-hybridized carbons (Fsp3) is 0.600. The van der Waals surface area contributed by atoms with E-state index in [-0.39, 0.29) is 0 Å². The number of likely N-dealkylation sites (tertiary alicyclic amines) is 1. The normalized spacial score (nSPS) is 17.7. The van der Waals surface area contributed by atoms with Gasteiger partial charge in [-0.25, -0.2) is 0 Å². The SMILES string of the molecule is COc1ccc(C)cc1OCC1CCN(C)CC1. The summed E-state index contributed by atoms with van der Waals surface area (Å²) < 4.78 is 11.3. The van der Waals surface area contributed by atoms with E-state index in [1.807, 2.05) is 18.2 Å². The number of rotatable bonds is 4. The quantitative estimate of drug-likeness (QED) is 0.819. The van der Waals surface area contributed by atoms with Crippen LogP contribution in [0, 0.1) is 12.8 Å². The lowest BCUT2D eigenvalue weighted by Crippen LogP contribution is -2.32. The van der Waals surface area contributed by atoms with Crippen LogP contribution in [0.1, 0.15) is 18.4 Å². The molecule has 0 aromatic heterocycles. The van der Waals surface area contributed by atoms with Crippen molar-refractivity contribution in [2.45, 2.75) is 19.8 Å². The Kier molecular flexibility index (Phi) is 4.48. The Labute approximate surface area is 110 Å². The van der Waals surface area contributed by atoms with Crippen LogP contribution in [0.3, 0.4) is 0 Å². The van der Waals surface area contributed by atoms with Gasteiger partial charge in [-0.15, -0.1) is 0 Å². The van der Waals surface area contributed by atoms with E-state index in [4.69, 9.17) is 9.47 Å². The van der Waals surface area contributed by atoms with Gasteiger partial charge in [0.15, 0.2) is 11.5 Å². The van der Waals surface area contributed by atoms with Gasteiger partial charge < -0.3 is 14.4 Å². The van der Waals surface area contributed by atoms with E-state index in [9.17, 15) is 0 Å². The number of nitrogens with zero attached hydrogens (tertiary/aromatic N) is 1. The molecule has 0 unspecified atom stereocenters. The van der Waals surface area contributed by atoms with Gasteiger partial charge in [0.05, 0.1) is 13.7 Å². The van der Waals surface area contributed by atoms with E-state index in [1.165, 1.54) is 31.5 Å². The van der Waals surface area contributed by atoms with E-state index >= 15 is 0 Å². The predicted molar refractivity (Wildman–Crippen MR) is 73.4 cm³/mol. The van der Waals surface area contributed by atoms with Gasteiger partial charge in [0.2, 0.25) is 0 Å². The lowest BCUT2D eigenvalue weighted by Gasteiger charge is -2.28. The van der Waals surface area contributed by atoms with Gasteiger partial charge >= 0.3 is 0 Å². The van der Waals surface area contributed by atoms with Crippen LogP contribution in [0.2, 0.25) is 0 Å². The molecule has 18 heavy (non-hydrogen) atoms. The first-order valence-corrected chi connectivity index (χ1v) is 6.65. The highest BCUT2D eigenvalue weighted by molar-refractivity contribution is 5.42. The molecule has 0 N–H and O–H groups in total. The summed E-state index contributed by atoms with van der Waals surface area (Å²) in [7, 11) is 3.87. The molecule has 3 heteroatoms. The number of methoxy groups -OCH3 is 1. The Hall–Kier alpha value is -1.22. The van der Waals surface area contributed by atoms with Crippen molar-refractivity contribution < 1.29 is 9.47 Å². The molecule has 1 aromatic carbocycles. The molecule has 100 valence electrons. The second-order valence-electron chi connectivity index (χ2n) is 5.21. The topological polar surface area (TPSA) is 21.7 Å². The fourth-order valence-electron chi connectivity index (χ4n) is 2.33. The molecule has 1 heterocycles. The minimum atomic E-state index is 0.673. The smallest absolute Gasteiger partial charge is 0.161 e. The number of ether oxygens (including phenoxy) is 2. The average molecular weight is 249 g/mol. The Morgan fingerprint density at radius 1 is 1.22 bits per heavy atom. The molecule has 1 saturated heterocycles. The minimum Gasteiger partial charge on any atom is -0.493 e. The summed E-state index contributed by atoms with van der Waals surface area (Å²) in [6.07, 6.45) is 2.45. The average Bonchev–Trinajstić information content (AvgIpc) is 2.38. The van der Waals surface area contributed by atoms with Gasteiger partial charge in [-0.3, -0.25) is 0 Å². The van der Waals surface area contributed by atoms with Gasteiger partial charge in [0.25, 0.3) is 0 Å². The Morgan fingerprint density at radius 3 is 2.61 bits per heavy atom. The second kappa shape index (κ2) is 6.10. The molecule has 1 aliphatic rings. The molecule has 0 aliphatic carbocycles. The molecule has 3 nitrogen and oxygen atoms in total. The van der Waals surface area contributed by atoms with E-state index in [1.54, 1.807) is 7.11 Å². The van der Waals surface area contributed by atoms with Crippen LogP contribution in [0.4, 0.5) is 0 Å². The number of aryl methyl sites for hydroxylation is 1. The van der Waals surface area contributed by atoms with Crippen molar-refractivity contribution in [3.8, 4) is 11.5 Å². The summed E-state index contributed by atoms with van der Waals surface area (Å²) in [5.74, 6) is 2.37. The van der Waals surface area contributed by atoms with Crippen LogP contribution in [-0.4, -0.2) is 38.8 Å². The molecule has 2 rings (SSSR count). The van der Waals surface area contributed by atoms with Crippen LogP contribution in [0.25, 0.3) is 0 Å². The number of piperidine rings is 1. The summed E-state index contributed by atoms with van der Waals surface area (Å²) in [5.41, 5.74) is 1.20. The van der Waals surface area contributed by atoms with E-state index in [2.05, 4.69) is 18.9 Å². The van der Waals surface area contributed by atoms with Crippen LogP contribution >= 0.6 is 0 Å². The molecular formula is C15H23NO2. The molecular weight excluding hydrogens is 226 g/mol. The van der Waals surface area contributed by atoms with Gasteiger partial charge in [0.1, 0.15) is 0 Å². The van der Waals surface area contributed by atoms with Crippen molar-refractivity contribution in [3.05, 3.63) is 23.8 Å². The zero-order valence-corrected chi connectivity index (χ0v) is 11.6. The molecule has 0 saturated carbocycles. The molecule has 1 aromatic rings. The van der Waals surface area contributed by atoms with Crippen LogP contribution in [0.5, 0.6) is 11.5 Å². The van der Waals surface area contributed by atoms with Crippen LogP contribution < -0.4 is 9.47 Å². The maximum absolute atomic E-state index is 5.94. The van der Waals surface area contributed by atoms with Gasteiger partial charge in [-0.2, -0.15) is 0 Å². The predicted octanol–water partition coefficient (Wildman–Crippen LogP) is 2.72. The van der Waals surface area contributed by atoms with Crippen molar-refractivity contribution in [1.29, 1.82) is 0 Å². The van der Waals surface area contributed by atoms with Crippen molar-refractivity contribution >= 4 is 0 Å². The van der Waals surface area contributed by atoms with Crippen molar-refractivity contribution in [3.63, 3.8) is 0 Å². The Balaban J connectivity index is 1.91. The first-order chi connectivity index (χ1) is 8.69. The Morgan fingerprint density at radius 2 is 1.94 bits per heavy atom. The second-order valence-corrected chi connectivity index (χ2v) is 5.21. The zero-order valence-electron chi connectivity index (χ0n) is 11.6. The number of hydrogen-bond acceptors (Lipinski definition) is 3. The molecule has 0 radical (unpaired) electrons. The summed E-state index contributed by atoms with van der Waals surface area (Å²) >= 11 is 0. The summed E-state index contributed by atoms with van der Waals surface area (Å²) in [6.45, 7) is 5.23. The highest BCUT2D eigenvalue weighted by Crippen LogP contribution is 2.29. The maximum atomic E-state index is 5.94. The number of hydrogen-bond donors (Lipinski definition) is 0. The van der Waals surface area contributed by atoms with Gasteiger partial charge in [-0.05, 0) is 63.5 Å². The largest absolute Gasteiger partial charge is 0.493 e. The number of benzene rings is 1. The van der Waals surface area contributed by atoms with Crippen molar-refractivity contribution in [2.24, 2.45) is 5.92 Å². The van der Waals surface area contributed by atoms with Crippen molar-refractivity contribution in [2.75, 3.05) is 33.9 Å². The lowest BCUT2D eigenvalue weighted by atomic mass is 9.98. The summed E-state index contributed by atoms with van der Waals surface area (Å²) in [5, 5.41) is 0. The Bertz CT molecular complexity index is 384. The molecule has 1 fully saturated rings. The molecule has 0 atom stereocenters. The maximum Gasteiger partial charge on any atom is 0.161 e. The first-order valence-electron chi connectivity index (χ1n) is 6.65. The van der Waals surface area contributed by atoms with Crippen LogP contribution in [0.15, 0.2) is 18.2 Å². The first kappa shape index (κ1) is 13.2. The minimum absolute atomic E-state index is 0.673. The van der Waals surface area contributed by atoms with E-state index in [0.717, 1.165) is 18.1 Å². The third-order valence-electron chi connectivity index (χ3n) is 3.63. The molecule has 0 spiro atoms. The fourth-order valence-corrected chi connectivity index (χ4v) is 2.33. The highest BCUT2D eigenvalue weighted by Gasteiger charge is 2.17. The monoisotopic (exact) mass is 249 g/mol. The zero-order chi connectivity index (χ0) is 13.0. The van der Waals surface area contributed by atoms with Crippen molar-refractivity contribution in [1.82, 2.24) is 4.90 Å². The van der Waals surface area contributed by atoms with Gasteiger partial charge in [0, 0.05) is 0 Å². The van der Waals surface area contributed by atoms with E-state index in [0.29, 0.717) is 5.92 Å². The van der Waals surface area contributed by atoms with Crippen LogP contribution in [-0.2, 0) is 0 Å². The summed E-state index contributed by atoms with van der Waals surface area (Å²) in [4.78, 5) is 2.38. The molecule has 0 amide bonds. The third kappa shape index (κ3) is 3.39.